The van der Waals surface area contributed by atoms with E-state index in [-0.39, 0.29) is 23.8 Å². The molecule has 4 heteroatoms. The van der Waals surface area contributed by atoms with E-state index < -0.39 is 5.97 Å². The quantitative estimate of drug-likeness (QED) is 0.459. The number of hydrogen-bond acceptors (Lipinski definition) is 3. The molecule has 174 valence electrons. The molecule has 5 unspecified atom stereocenters. The summed E-state index contributed by atoms with van der Waals surface area (Å²) in [6.07, 6.45) is 7.08. The van der Waals surface area contributed by atoms with Gasteiger partial charge in [-0.2, -0.15) is 0 Å². The van der Waals surface area contributed by atoms with E-state index in [2.05, 4.69) is 39.6 Å². The van der Waals surface area contributed by atoms with Crippen molar-refractivity contribution < 1.29 is 14.7 Å². The molecule has 2 aliphatic rings. The van der Waals surface area contributed by atoms with Gasteiger partial charge in [-0.3, -0.25) is 4.79 Å². The fraction of sp³-hybridized carbons (Fsp3) is 0.571. The van der Waals surface area contributed by atoms with Crippen molar-refractivity contribution in [1.82, 2.24) is 5.32 Å². The van der Waals surface area contributed by atoms with E-state index in [4.69, 9.17) is 0 Å². The molecule has 0 radical (unpaired) electrons. The lowest BCUT2D eigenvalue weighted by Crippen LogP contribution is -2.35. The van der Waals surface area contributed by atoms with E-state index in [1.807, 2.05) is 12.1 Å². The van der Waals surface area contributed by atoms with Crippen molar-refractivity contribution in [3.63, 3.8) is 0 Å². The Morgan fingerprint density at radius 2 is 1.75 bits per heavy atom. The fourth-order valence-electron chi connectivity index (χ4n) is 5.84. The van der Waals surface area contributed by atoms with E-state index in [1.165, 1.54) is 18.4 Å². The minimum Gasteiger partial charge on any atom is -0.478 e. The molecule has 0 bridgehead atoms. The van der Waals surface area contributed by atoms with Gasteiger partial charge in [0, 0.05) is 23.6 Å². The van der Waals surface area contributed by atoms with Crippen molar-refractivity contribution in [3.05, 3.63) is 58.8 Å². The van der Waals surface area contributed by atoms with Crippen LogP contribution in [0.4, 0.5) is 0 Å². The van der Waals surface area contributed by atoms with Crippen molar-refractivity contribution in [3.8, 4) is 0 Å². The molecule has 5 atom stereocenters. The smallest absolute Gasteiger partial charge is 0.335 e. The molecule has 0 saturated carbocycles. The van der Waals surface area contributed by atoms with Crippen molar-refractivity contribution in [2.45, 2.75) is 78.7 Å². The molecule has 2 N–H and O–H groups in total. The summed E-state index contributed by atoms with van der Waals surface area (Å²) in [5, 5.41) is 13.1. The van der Waals surface area contributed by atoms with E-state index in [0.29, 0.717) is 17.3 Å². The molecule has 1 heterocycles. The van der Waals surface area contributed by atoms with Gasteiger partial charge in [-0.1, -0.05) is 65.7 Å². The van der Waals surface area contributed by atoms with Crippen LogP contribution in [0.2, 0.25) is 0 Å². The molecule has 32 heavy (non-hydrogen) atoms. The number of rotatable bonds is 10. The van der Waals surface area contributed by atoms with Crippen LogP contribution in [0.1, 0.15) is 82.1 Å². The molecule has 0 spiro atoms. The Morgan fingerprint density at radius 3 is 2.28 bits per heavy atom. The van der Waals surface area contributed by atoms with Crippen molar-refractivity contribution in [1.29, 1.82) is 0 Å². The number of nitrogens with one attached hydrogen (secondary N) is 1. The minimum absolute atomic E-state index is 0.0615. The lowest BCUT2D eigenvalue weighted by molar-refractivity contribution is -0.125. The molecular formula is C28H39NO3. The van der Waals surface area contributed by atoms with Gasteiger partial charge in [0.25, 0.3) is 0 Å². The van der Waals surface area contributed by atoms with Crippen LogP contribution in [0, 0.1) is 23.7 Å². The Balaban J connectivity index is 1.98. The Bertz CT molecular complexity index is 882. The summed E-state index contributed by atoms with van der Waals surface area (Å²) in [5.41, 5.74) is 4.85. The molecule has 4 nitrogen and oxygen atoms in total. The number of allylic oxidation sites excluding steroid dienone is 2. The summed E-state index contributed by atoms with van der Waals surface area (Å²) in [6.45, 7) is 13.1. The van der Waals surface area contributed by atoms with Gasteiger partial charge < -0.3 is 10.4 Å². The Labute approximate surface area is 193 Å². The van der Waals surface area contributed by atoms with Gasteiger partial charge in [0.05, 0.1) is 11.5 Å². The summed E-state index contributed by atoms with van der Waals surface area (Å²) in [7, 11) is 0. The van der Waals surface area contributed by atoms with E-state index >= 15 is 0 Å². The number of ketones is 1. The Hall–Kier alpha value is -2.36. The first-order valence-electron chi connectivity index (χ1n) is 12.4. The molecule has 1 aromatic carbocycles. The van der Waals surface area contributed by atoms with Crippen molar-refractivity contribution in [2.75, 3.05) is 0 Å². The normalized spacial score (nSPS) is 26.1. The third-order valence-electron chi connectivity index (χ3n) is 7.62. The van der Waals surface area contributed by atoms with Gasteiger partial charge >= 0.3 is 5.97 Å². The third kappa shape index (κ3) is 4.69. The molecule has 3 rings (SSSR count). The zero-order valence-corrected chi connectivity index (χ0v) is 20.1. The van der Waals surface area contributed by atoms with E-state index in [9.17, 15) is 14.7 Å². The second-order valence-corrected chi connectivity index (χ2v) is 9.54. The molecule has 0 aromatic heterocycles. The monoisotopic (exact) mass is 437 g/mol. The standard InChI is InChI=1S/C28H39NO3/c1-6-10-18(7-2)16-24-23(15-19-11-13-20(14-12-19)28(31)32)25-17(5)21(8-3)27(30)22(9-4)26(25)29-24/h11-14,18,21-24,29H,5-10,15-16H2,1-4H3,(H,31,32). The molecule has 1 aliphatic carbocycles. The molecule has 1 aliphatic heterocycles. The Morgan fingerprint density at radius 1 is 1.09 bits per heavy atom. The number of hydrogen-bond donors (Lipinski definition) is 2. The maximum Gasteiger partial charge on any atom is 0.335 e. The number of carboxylic acid groups (broad SMARTS) is 1. The van der Waals surface area contributed by atoms with Gasteiger partial charge in [-0.05, 0) is 60.4 Å². The zero-order valence-electron chi connectivity index (χ0n) is 20.1. The van der Waals surface area contributed by atoms with Crippen LogP contribution < -0.4 is 5.32 Å². The zero-order chi connectivity index (χ0) is 23.4. The highest BCUT2D eigenvalue weighted by atomic mass is 16.4. The maximum atomic E-state index is 13.2. The van der Waals surface area contributed by atoms with Crippen LogP contribution in [-0.2, 0) is 11.2 Å². The van der Waals surface area contributed by atoms with Crippen LogP contribution >= 0.6 is 0 Å². The molecule has 0 saturated heterocycles. The number of carbonyl (C=O) groups is 2. The van der Waals surface area contributed by atoms with Crippen LogP contribution in [0.15, 0.2) is 47.7 Å². The van der Waals surface area contributed by atoms with Gasteiger partial charge in [-0.15, -0.1) is 0 Å². The summed E-state index contributed by atoms with van der Waals surface area (Å²) in [6, 6.07) is 7.55. The molecule has 0 amide bonds. The summed E-state index contributed by atoms with van der Waals surface area (Å²) >= 11 is 0. The summed E-state index contributed by atoms with van der Waals surface area (Å²) < 4.78 is 0. The second kappa shape index (κ2) is 10.5. The Kier molecular flexibility index (Phi) is 7.97. The second-order valence-electron chi connectivity index (χ2n) is 9.54. The number of aromatic carboxylic acids is 1. The number of carboxylic acids is 1. The maximum absolute atomic E-state index is 13.2. The van der Waals surface area contributed by atoms with Crippen molar-refractivity contribution in [2.24, 2.45) is 23.7 Å². The molecule has 0 fully saturated rings. The van der Waals surface area contributed by atoms with Crippen molar-refractivity contribution >= 4 is 11.8 Å². The lowest BCUT2D eigenvalue weighted by atomic mass is 9.70. The summed E-state index contributed by atoms with van der Waals surface area (Å²) in [5.74, 6) is 0.180. The van der Waals surface area contributed by atoms with Crippen LogP contribution in [-0.4, -0.2) is 22.9 Å². The lowest BCUT2D eigenvalue weighted by Gasteiger charge is -2.32. The van der Waals surface area contributed by atoms with E-state index in [1.54, 1.807) is 12.1 Å². The van der Waals surface area contributed by atoms with E-state index in [0.717, 1.165) is 48.9 Å². The average molecular weight is 438 g/mol. The van der Waals surface area contributed by atoms with Crippen LogP contribution in [0.25, 0.3) is 0 Å². The predicted molar refractivity (Wildman–Crippen MR) is 130 cm³/mol. The number of Topliss-reactive ketones (excluding diaryl/α,β-unsaturated/α-hetero) is 1. The fourth-order valence-corrected chi connectivity index (χ4v) is 5.84. The number of benzene rings is 1. The first-order valence-corrected chi connectivity index (χ1v) is 12.4. The third-order valence-corrected chi connectivity index (χ3v) is 7.62. The largest absolute Gasteiger partial charge is 0.478 e. The topological polar surface area (TPSA) is 66.4 Å². The molecule has 1 aromatic rings. The first kappa shape index (κ1) is 24.3. The van der Waals surface area contributed by atoms with Crippen LogP contribution in [0.5, 0.6) is 0 Å². The highest BCUT2D eigenvalue weighted by molar-refractivity contribution is 5.92. The van der Waals surface area contributed by atoms with Gasteiger partial charge in [0.2, 0.25) is 0 Å². The van der Waals surface area contributed by atoms with Gasteiger partial charge in [0.1, 0.15) is 5.78 Å². The first-order chi connectivity index (χ1) is 15.4. The van der Waals surface area contributed by atoms with Crippen LogP contribution in [0.3, 0.4) is 0 Å². The average Bonchev–Trinajstić information content (AvgIpc) is 3.12. The minimum atomic E-state index is -0.900. The predicted octanol–water partition coefficient (Wildman–Crippen LogP) is 6.18. The van der Waals surface area contributed by atoms with Gasteiger partial charge in [0.15, 0.2) is 0 Å². The highest BCUT2D eigenvalue weighted by Gasteiger charge is 2.46. The SMILES string of the molecule is C=C1C2=C(NC(CC(CC)CCC)C2Cc2ccc(C(=O)O)cc2)C(CC)C(=O)C1CC. The van der Waals surface area contributed by atoms with Gasteiger partial charge in [-0.25, -0.2) is 4.79 Å². The molecular weight excluding hydrogens is 398 g/mol. The number of carbonyl (C=O) groups excluding carboxylic acids is 1. The highest BCUT2D eigenvalue weighted by Crippen LogP contribution is 2.47. The summed E-state index contributed by atoms with van der Waals surface area (Å²) in [4.78, 5) is 24.5.